The van der Waals surface area contributed by atoms with E-state index in [9.17, 15) is 0 Å². The number of aromatic nitrogens is 3. The van der Waals surface area contributed by atoms with Crippen molar-refractivity contribution in [3.63, 3.8) is 0 Å². The maximum absolute atomic E-state index is 5.63. The van der Waals surface area contributed by atoms with Crippen LogP contribution in [0.3, 0.4) is 0 Å². The molecule has 0 aliphatic heterocycles. The van der Waals surface area contributed by atoms with Crippen LogP contribution in [0.4, 0.5) is 17.8 Å². The summed E-state index contributed by atoms with van der Waals surface area (Å²) < 4.78 is 0. The zero-order valence-corrected chi connectivity index (χ0v) is 11.0. The van der Waals surface area contributed by atoms with E-state index in [0.717, 1.165) is 0 Å². The lowest BCUT2D eigenvalue weighted by Gasteiger charge is -2.15. The summed E-state index contributed by atoms with van der Waals surface area (Å²) in [4.78, 5) is 21.8. The molecule has 0 bridgehead atoms. The van der Waals surface area contributed by atoms with Crippen LogP contribution in [0.5, 0.6) is 0 Å². The summed E-state index contributed by atoms with van der Waals surface area (Å²) >= 11 is 0. The molecule has 1 fully saturated rings. The number of nitrogens with two attached hydrogens (primary N) is 1. The fourth-order valence-corrected chi connectivity index (χ4v) is 1.69. The van der Waals surface area contributed by atoms with Gasteiger partial charge in [0.25, 0.3) is 17.8 Å². The minimum Gasteiger partial charge on any atom is -0.328 e. The third kappa shape index (κ3) is 5.43. The Bertz CT molecular complexity index is 373. The first-order valence-corrected chi connectivity index (χ1v) is 6.11. The molecule has 102 valence electrons. The Morgan fingerprint density at radius 1 is 0.789 bits per heavy atom. The van der Waals surface area contributed by atoms with Crippen molar-refractivity contribution < 1.29 is 0 Å². The summed E-state index contributed by atoms with van der Waals surface area (Å²) in [6.07, 6.45) is 6.66. The van der Waals surface area contributed by atoms with Crippen molar-refractivity contribution in [2.75, 3.05) is 0 Å². The molecule has 1 aliphatic rings. The highest BCUT2D eigenvalue weighted by Crippen LogP contribution is 2.15. The molecule has 0 aromatic carbocycles. The predicted octanol–water partition coefficient (Wildman–Crippen LogP) is 2.15. The van der Waals surface area contributed by atoms with Crippen LogP contribution in [-0.4, -0.2) is 41.1 Å². The smallest absolute Gasteiger partial charge is 0.255 e. The molecule has 2 rings (SSSR count). The lowest BCUT2D eigenvalue weighted by atomic mass is 9.97. The number of rotatable bonds is 3. The maximum atomic E-state index is 5.63. The Morgan fingerprint density at radius 3 is 1.37 bits per heavy atom. The Morgan fingerprint density at radius 2 is 1.16 bits per heavy atom. The molecule has 1 aromatic rings. The summed E-state index contributed by atoms with van der Waals surface area (Å²) in [6.45, 7) is 9.76. The summed E-state index contributed by atoms with van der Waals surface area (Å²) in [5.74, 6) is 0.486. The van der Waals surface area contributed by atoms with Crippen LogP contribution in [-0.2, 0) is 0 Å². The molecule has 1 aromatic heterocycles. The highest BCUT2D eigenvalue weighted by molar-refractivity contribution is 5.44. The van der Waals surface area contributed by atoms with Gasteiger partial charge in [0.2, 0.25) is 0 Å². The highest BCUT2D eigenvalue weighted by atomic mass is 15.2. The van der Waals surface area contributed by atoms with Crippen molar-refractivity contribution in [3.8, 4) is 0 Å². The van der Waals surface area contributed by atoms with E-state index < -0.39 is 0 Å². The molecule has 0 spiro atoms. The molecule has 0 unspecified atom stereocenters. The first kappa shape index (κ1) is 15.0. The van der Waals surface area contributed by atoms with Crippen LogP contribution >= 0.6 is 0 Å². The second-order valence-corrected chi connectivity index (χ2v) is 4.11. The molecule has 0 saturated heterocycles. The van der Waals surface area contributed by atoms with Crippen molar-refractivity contribution in [3.05, 3.63) is 0 Å². The Hall–Kier alpha value is -2.02. The van der Waals surface area contributed by atoms with Crippen molar-refractivity contribution in [2.24, 2.45) is 20.7 Å². The molecular weight excluding hydrogens is 242 g/mol. The Balaban J connectivity index is 0.000000218. The van der Waals surface area contributed by atoms with E-state index in [1.54, 1.807) is 0 Å². The van der Waals surface area contributed by atoms with E-state index in [4.69, 9.17) is 5.73 Å². The van der Waals surface area contributed by atoms with Gasteiger partial charge in [-0.2, -0.15) is 15.0 Å². The van der Waals surface area contributed by atoms with Crippen LogP contribution in [0.1, 0.15) is 32.1 Å². The third-order valence-electron chi connectivity index (χ3n) is 2.67. The molecule has 19 heavy (non-hydrogen) atoms. The monoisotopic (exact) mass is 261 g/mol. The van der Waals surface area contributed by atoms with Crippen molar-refractivity contribution in [1.29, 1.82) is 0 Å². The summed E-state index contributed by atoms with van der Waals surface area (Å²) in [5, 5.41) is 0. The molecule has 1 aliphatic carbocycles. The van der Waals surface area contributed by atoms with Gasteiger partial charge in [-0.3, -0.25) is 0 Å². The van der Waals surface area contributed by atoms with Crippen LogP contribution in [0, 0.1) is 0 Å². The minimum atomic E-state index is 0.162. The van der Waals surface area contributed by atoms with E-state index >= 15 is 0 Å². The SMILES string of the molecule is C=Nc1nc(N=C)nc(N=C)n1.NC1CCCCC1. The lowest BCUT2D eigenvalue weighted by molar-refractivity contribution is 0.441. The molecule has 1 heterocycles. The molecule has 0 amide bonds. The topological polar surface area (TPSA) is 102 Å². The van der Waals surface area contributed by atoms with Gasteiger partial charge in [0.1, 0.15) is 0 Å². The Labute approximate surface area is 112 Å². The fraction of sp³-hybridized carbons (Fsp3) is 0.500. The highest BCUT2D eigenvalue weighted by Gasteiger charge is 2.06. The van der Waals surface area contributed by atoms with Gasteiger partial charge in [-0.1, -0.05) is 19.3 Å². The van der Waals surface area contributed by atoms with Crippen molar-refractivity contribution in [2.45, 2.75) is 38.1 Å². The minimum absolute atomic E-state index is 0.162. The Kier molecular flexibility index (Phi) is 6.45. The first-order chi connectivity index (χ1) is 9.19. The molecule has 7 nitrogen and oxygen atoms in total. The van der Waals surface area contributed by atoms with Gasteiger partial charge in [-0.25, -0.2) is 15.0 Å². The van der Waals surface area contributed by atoms with Gasteiger partial charge in [-0.05, 0) is 33.0 Å². The van der Waals surface area contributed by atoms with E-state index in [-0.39, 0.29) is 17.8 Å². The molecule has 7 heteroatoms. The van der Waals surface area contributed by atoms with E-state index in [1.807, 2.05) is 0 Å². The van der Waals surface area contributed by atoms with E-state index in [2.05, 4.69) is 50.1 Å². The normalized spacial score (nSPS) is 15.0. The maximum Gasteiger partial charge on any atom is 0.255 e. The summed E-state index contributed by atoms with van der Waals surface area (Å²) in [7, 11) is 0. The quantitative estimate of drug-likeness (QED) is 0.842. The average Bonchev–Trinajstić information content (AvgIpc) is 2.48. The number of hydrogen-bond acceptors (Lipinski definition) is 7. The van der Waals surface area contributed by atoms with Crippen molar-refractivity contribution >= 4 is 38.0 Å². The molecule has 2 N–H and O–H groups in total. The summed E-state index contributed by atoms with van der Waals surface area (Å²) in [5.41, 5.74) is 5.63. The standard InChI is InChI=1S/C6H6N6.C6H13N/c1-7-4-10-5(8-2)12-6(9-3)11-4;7-6-4-2-1-3-5-6/h1-3H2;6H,1-5,7H2. The third-order valence-corrected chi connectivity index (χ3v) is 2.67. The van der Waals surface area contributed by atoms with Crippen LogP contribution in [0.15, 0.2) is 15.0 Å². The van der Waals surface area contributed by atoms with Gasteiger partial charge in [0.15, 0.2) is 0 Å². The van der Waals surface area contributed by atoms with Gasteiger partial charge in [0, 0.05) is 6.04 Å². The molecular formula is C12H19N7. The number of hydrogen-bond donors (Lipinski definition) is 1. The summed E-state index contributed by atoms with van der Waals surface area (Å²) in [6, 6.07) is 0.536. The second kappa shape index (κ2) is 8.15. The zero-order valence-electron chi connectivity index (χ0n) is 11.0. The zero-order chi connectivity index (χ0) is 14.1. The van der Waals surface area contributed by atoms with Crippen LogP contribution in [0.2, 0.25) is 0 Å². The fourth-order valence-electron chi connectivity index (χ4n) is 1.69. The lowest BCUT2D eigenvalue weighted by Crippen LogP contribution is -2.22. The van der Waals surface area contributed by atoms with E-state index in [1.165, 1.54) is 32.1 Å². The average molecular weight is 261 g/mol. The predicted molar refractivity (Wildman–Crippen MR) is 78.5 cm³/mol. The van der Waals surface area contributed by atoms with Gasteiger partial charge in [-0.15, -0.1) is 0 Å². The van der Waals surface area contributed by atoms with Crippen LogP contribution in [0.25, 0.3) is 0 Å². The molecule has 1 saturated carbocycles. The second-order valence-electron chi connectivity index (χ2n) is 4.11. The number of aliphatic imine (C=N–C) groups is 3. The van der Waals surface area contributed by atoms with Gasteiger partial charge in [0.05, 0.1) is 0 Å². The van der Waals surface area contributed by atoms with Gasteiger partial charge >= 0.3 is 0 Å². The van der Waals surface area contributed by atoms with Gasteiger partial charge < -0.3 is 5.73 Å². The van der Waals surface area contributed by atoms with Crippen LogP contribution < -0.4 is 5.73 Å². The number of nitrogens with zero attached hydrogens (tertiary/aromatic N) is 6. The largest absolute Gasteiger partial charge is 0.328 e. The van der Waals surface area contributed by atoms with E-state index in [0.29, 0.717) is 6.04 Å². The van der Waals surface area contributed by atoms with Crippen molar-refractivity contribution in [1.82, 2.24) is 15.0 Å². The molecule has 0 radical (unpaired) electrons. The molecule has 0 atom stereocenters. The first-order valence-electron chi connectivity index (χ1n) is 6.11.